The van der Waals surface area contributed by atoms with Gasteiger partial charge >= 0.3 is 5.97 Å². The summed E-state index contributed by atoms with van der Waals surface area (Å²) in [7, 11) is 0. The summed E-state index contributed by atoms with van der Waals surface area (Å²) in [5, 5.41) is 10.2. The van der Waals surface area contributed by atoms with E-state index in [9.17, 15) is 9.90 Å². The lowest BCUT2D eigenvalue weighted by atomic mass is 9.96. The van der Waals surface area contributed by atoms with Crippen LogP contribution < -0.4 is 0 Å². The number of esters is 1. The highest BCUT2D eigenvalue weighted by molar-refractivity contribution is 5.81. The van der Waals surface area contributed by atoms with Gasteiger partial charge < -0.3 is 9.84 Å². The van der Waals surface area contributed by atoms with Gasteiger partial charge in [0.1, 0.15) is 0 Å². The van der Waals surface area contributed by atoms with Crippen molar-refractivity contribution in [1.82, 2.24) is 0 Å². The van der Waals surface area contributed by atoms with E-state index >= 15 is 0 Å². The summed E-state index contributed by atoms with van der Waals surface area (Å²) in [5.41, 5.74) is -0.250. The van der Waals surface area contributed by atoms with Gasteiger partial charge in [0, 0.05) is 0 Å². The summed E-state index contributed by atoms with van der Waals surface area (Å²) in [6.45, 7) is 1.42. The predicted molar refractivity (Wildman–Crippen MR) is 77.6 cm³/mol. The Labute approximate surface area is 118 Å². The minimum absolute atomic E-state index is 0.498. The lowest BCUT2D eigenvalue weighted by molar-refractivity contribution is -0.158. The fourth-order valence-corrected chi connectivity index (χ4v) is 1.73. The van der Waals surface area contributed by atoms with Crippen molar-refractivity contribution in [3.05, 3.63) is 78.1 Å². The molecule has 1 N–H and O–H groups in total. The molecular weight excluding hydrogens is 252 g/mol. The molecule has 0 spiro atoms. The average molecular weight is 268 g/mol. The quantitative estimate of drug-likeness (QED) is 0.684. The zero-order valence-corrected chi connectivity index (χ0v) is 11.2. The highest BCUT2D eigenvalue weighted by Gasteiger charge is 2.33. The molecule has 102 valence electrons. The van der Waals surface area contributed by atoms with E-state index in [1.54, 1.807) is 30.3 Å². The third-order valence-corrected chi connectivity index (χ3v) is 2.97. The van der Waals surface area contributed by atoms with Crippen molar-refractivity contribution in [1.29, 1.82) is 0 Å². The Kier molecular flexibility index (Phi) is 4.33. The average Bonchev–Trinajstić information content (AvgIpc) is 2.49. The predicted octanol–water partition coefficient (Wildman–Crippen LogP) is 3.11. The first-order valence-electron chi connectivity index (χ1n) is 6.31. The van der Waals surface area contributed by atoms with E-state index in [-0.39, 0.29) is 0 Å². The van der Waals surface area contributed by atoms with E-state index in [4.69, 9.17) is 4.74 Å². The van der Waals surface area contributed by atoms with E-state index in [1.165, 1.54) is 13.2 Å². The van der Waals surface area contributed by atoms with Crippen LogP contribution in [0.4, 0.5) is 0 Å². The molecule has 0 bridgehead atoms. The fraction of sp³-hybridized carbons (Fsp3) is 0.118. The van der Waals surface area contributed by atoms with Crippen LogP contribution in [0.3, 0.4) is 0 Å². The molecule has 0 fully saturated rings. The van der Waals surface area contributed by atoms with Gasteiger partial charge in [-0.15, -0.1) is 0 Å². The van der Waals surface area contributed by atoms with Crippen molar-refractivity contribution in [3.8, 4) is 0 Å². The Hall–Kier alpha value is -2.39. The molecule has 0 heterocycles. The first kappa shape index (κ1) is 14.0. The minimum Gasteiger partial charge on any atom is -0.432 e. The SMILES string of the molecule is CC(O)(C(=O)OC=Cc1ccccc1)c1ccccc1. The largest absolute Gasteiger partial charge is 0.432 e. The number of hydrogen-bond donors (Lipinski definition) is 1. The number of benzene rings is 2. The van der Waals surface area contributed by atoms with E-state index in [1.807, 2.05) is 36.4 Å². The van der Waals surface area contributed by atoms with Crippen LogP contribution in [0.15, 0.2) is 66.9 Å². The van der Waals surface area contributed by atoms with Gasteiger partial charge in [0.2, 0.25) is 0 Å². The van der Waals surface area contributed by atoms with E-state index in [2.05, 4.69) is 0 Å². The molecule has 2 rings (SSSR count). The number of aliphatic hydroxyl groups is 1. The van der Waals surface area contributed by atoms with Gasteiger partial charge in [-0.2, -0.15) is 0 Å². The van der Waals surface area contributed by atoms with Crippen LogP contribution >= 0.6 is 0 Å². The molecule has 0 saturated heterocycles. The Bertz CT molecular complexity index is 586. The number of ether oxygens (including phenoxy) is 1. The van der Waals surface area contributed by atoms with Crippen LogP contribution in [0.1, 0.15) is 18.1 Å². The molecule has 2 aromatic carbocycles. The molecule has 0 amide bonds. The summed E-state index contributed by atoms with van der Waals surface area (Å²) < 4.78 is 5.00. The second-order valence-electron chi connectivity index (χ2n) is 4.56. The molecule has 0 saturated carbocycles. The zero-order chi connectivity index (χ0) is 14.4. The molecule has 0 radical (unpaired) electrons. The van der Waals surface area contributed by atoms with Crippen LogP contribution in [0, 0.1) is 0 Å². The third-order valence-electron chi connectivity index (χ3n) is 2.97. The maximum atomic E-state index is 11.9. The number of hydrogen-bond acceptors (Lipinski definition) is 3. The van der Waals surface area contributed by atoms with Gasteiger partial charge in [0.15, 0.2) is 5.60 Å². The summed E-state index contributed by atoms with van der Waals surface area (Å²) in [6.07, 6.45) is 2.95. The Balaban J connectivity index is 2.03. The topological polar surface area (TPSA) is 46.5 Å². The van der Waals surface area contributed by atoms with Crippen LogP contribution in [-0.2, 0) is 15.1 Å². The summed E-state index contributed by atoms with van der Waals surface area (Å²) in [6, 6.07) is 18.2. The molecule has 3 heteroatoms. The van der Waals surface area contributed by atoms with Gasteiger partial charge in [-0.3, -0.25) is 0 Å². The molecule has 3 nitrogen and oxygen atoms in total. The van der Waals surface area contributed by atoms with Gasteiger partial charge in [-0.05, 0) is 24.1 Å². The van der Waals surface area contributed by atoms with Crippen LogP contribution in [0.2, 0.25) is 0 Å². The second kappa shape index (κ2) is 6.17. The van der Waals surface area contributed by atoms with Crippen molar-refractivity contribution in [2.24, 2.45) is 0 Å². The highest BCUT2D eigenvalue weighted by Crippen LogP contribution is 2.22. The van der Waals surface area contributed by atoms with Crippen LogP contribution in [-0.4, -0.2) is 11.1 Å². The minimum atomic E-state index is -1.66. The maximum Gasteiger partial charge on any atom is 0.347 e. The smallest absolute Gasteiger partial charge is 0.347 e. The maximum absolute atomic E-state index is 11.9. The third kappa shape index (κ3) is 3.33. The first-order chi connectivity index (χ1) is 9.60. The van der Waals surface area contributed by atoms with Gasteiger partial charge in [0.05, 0.1) is 6.26 Å². The number of rotatable bonds is 4. The van der Waals surface area contributed by atoms with Crippen molar-refractivity contribution >= 4 is 12.0 Å². The Morgan fingerprint density at radius 2 is 1.60 bits per heavy atom. The zero-order valence-electron chi connectivity index (χ0n) is 11.2. The molecule has 0 aliphatic rings. The molecular formula is C17H16O3. The van der Waals surface area contributed by atoms with Gasteiger partial charge in [-0.25, -0.2) is 4.79 Å². The molecule has 0 aromatic heterocycles. The van der Waals surface area contributed by atoms with Crippen molar-refractivity contribution in [3.63, 3.8) is 0 Å². The molecule has 1 atom stereocenters. The van der Waals surface area contributed by atoms with E-state index in [0.29, 0.717) is 5.56 Å². The molecule has 1 unspecified atom stereocenters. The highest BCUT2D eigenvalue weighted by atomic mass is 16.5. The lowest BCUT2D eigenvalue weighted by Gasteiger charge is -2.20. The van der Waals surface area contributed by atoms with Crippen LogP contribution in [0.5, 0.6) is 0 Å². The summed E-state index contributed by atoms with van der Waals surface area (Å²) >= 11 is 0. The van der Waals surface area contributed by atoms with Crippen molar-refractivity contribution in [2.45, 2.75) is 12.5 Å². The van der Waals surface area contributed by atoms with Crippen LogP contribution in [0.25, 0.3) is 6.08 Å². The van der Waals surface area contributed by atoms with Gasteiger partial charge in [0.25, 0.3) is 0 Å². The normalized spacial score (nSPS) is 13.9. The standard InChI is InChI=1S/C17H16O3/c1-17(19,15-10-6-3-7-11-15)16(18)20-13-12-14-8-4-2-5-9-14/h2-13,19H,1H3. The molecule has 20 heavy (non-hydrogen) atoms. The fourth-order valence-electron chi connectivity index (χ4n) is 1.73. The van der Waals surface area contributed by atoms with E-state index < -0.39 is 11.6 Å². The van der Waals surface area contributed by atoms with E-state index in [0.717, 1.165) is 5.56 Å². The van der Waals surface area contributed by atoms with Gasteiger partial charge in [-0.1, -0.05) is 60.7 Å². The summed E-state index contributed by atoms with van der Waals surface area (Å²) in [5.74, 6) is -0.712. The second-order valence-corrected chi connectivity index (χ2v) is 4.56. The molecule has 0 aliphatic carbocycles. The van der Waals surface area contributed by atoms with Crippen molar-refractivity contribution in [2.75, 3.05) is 0 Å². The Morgan fingerprint density at radius 1 is 1.05 bits per heavy atom. The number of carbonyl (C=O) groups is 1. The Morgan fingerprint density at radius 3 is 2.20 bits per heavy atom. The molecule has 0 aliphatic heterocycles. The summed E-state index contributed by atoms with van der Waals surface area (Å²) in [4.78, 5) is 11.9. The molecule has 2 aromatic rings. The lowest BCUT2D eigenvalue weighted by Crippen LogP contribution is -2.32. The van der Waals surface area contributed by atoms with Crippen molar-refractivity contribution < 1.29 is 14.6 Å². The number of carbonyl (C=O) groups excluding carboxylic acids is 1. The monoisotopic (exact) mass is 268 g/mol. The first-order valence-corrected chi connectivity index (χ1v) is 6.31.